The lowest BCUT2D eigenvalue weighted by Crippen LogP contribution is -2.46. The van der Waals surface area contributed by atoms with E-state index in [1.54, 1.807) is 6.92 Å². The van der Waals surface area contributed by atoms with Gasteiger partial charge in [0.1, 0.15) is 0 Å². The van der Waals surface area contributed by atoms with E-state index in [0.717, 1.165) is 13.1 Å². The molecule has 2 aliphatic rings. The van der Waals surface area contributed by atoms with Crippen LogP contribution in [0.2, 0.25) is 0 Å². The van der Waals surface area contributed by atoms with Crippen LogP contribution < -0.4 is 0 Å². The van der Waals surface area contributed by atoms with E-state index in [1.807, 2.05) is 4.90 Å². The molecular formula is C8H14N2O. The molecule has 0 N–H and O–H groups in total. The molecule has 0 saturated carbocycles. The van der Waals surface area contributed by atoms with Gasteiger partial charge in [0.25, 0.3) is 0 Å². The van der Waals surface area contributed by atoms with Crippen LogP contribution in [0.4, 0.5) is 0 Å². The Morgan fingerprint density at radius 2 is 2.09 bits per heavy atom. The van der Waals surface area contributed by atoms with E-state index in [0.29, 0.717) is 12.1 Å². The molecule has 2 aliphatic heterocycles. The van der Waals surface area contributed by atoms with Crippen LogP contribution in [-0.4, -0.2) is 47.9 Å². The molecule has 0 unspecified atom stereocenters. The zero-order chi connectivity index (χ0) is 8.01. The third-order valence-corrected chi connectivity index (χ3v) is 2.92. The Morgan fingerprint density at radius 3 is 2.45 bits per heavy atom. The molecule has 0 aliphatic carbocycles. The number of likely N-dealkylation sites (N-methyl/N-ethyl adjacent to an activating group) is 1. The maximum Gasteiger partial charge on any atom is 0.219 e. The highest BCUT2D eigenvalue weighted by Gasteiger charge is 2.42. The normalized spacial score (nSPS) is 36.7. The van der Waals surface area contributed by atoms with E-state index in [1.165, 1.54) is 6.42 Å². The maximum atomic E-state index is 11.0. The molecule has 0 aromatic carbocycles. The third kappa shape index (κ3) is 0.948. The number of piperazine rings is 1. The van der Waals surface area contributed by atoms with Gasteiger partial charge >= 0.3 is 0 Å². The maximum absolute atomic E-state index is 11.0. The van der Waals surface area contributed by atoms with E-state index >= 15 is 0 Å². The monoisotopic (exact) mass is 154 g/mol. The molecule has 0 radical (unpaired) electrons. The first-order valence-corrected chi connectivity index (χ1v) is 4.16. The summed E-state index contributed by atoms with van der Waals surface area (Å²) < 4.78 is 0. The van der Waals surface area contributed by atoms with Crippen molar-refractivity contribution in [3.05, 3.63) is 0 Å². The van der Waals surface area contributed by atoms with Gasteiger partial charge in [-0.3, -0.25) is 9.69 Å². The predicted octanol–water partition coefficient (Wildman–Crippen LogP) is -0.0788. The first kappa shape index (κ1) is 7.10. The van der Waals surface area contributed by atoms with Crippen molar-refractivity contribution in [2.45, 2.75) is 25.4 Å². The summed E-state index contributed by atoms with van der Waals surface area (Å²) in [6, 6.07) is 1.16. The Hall–Kier alpha value is -0.570. The number of hydrogen-bond acceptors (Lipinski definition) is 2. The van der Waals surface area contributed by atoms with Crippen LogP contribution in [0.3, 0.4) is 0 Å². The predicted molar refractivity (Wildman–Crippen MR) is 42.2 cm³/mol. The number of carbonyl (C=O) groups excluding carboxylic acids is 1. The van der Waals surface area contributed by atoms with Crippen molar-refractivity contribution in [3.63, 3.8) is 0 Å². The highest BCUT2D eigenvalue weighted by Crippen LogP contribution is 2.28. The molecule has 0 aromatic rings. The van der Waals surface area contributed by atoms with Crippen LogP contribution in [0, 0.1) is 0 Å². The van der Waals surface area contributed by atoms with Gasteiger partial charge in [-0.05, 0) is 13.5 Å². The number of fused-ring (bicyclic) bond motifs is 2. The number of hydrogen-bond donors (Lipinski definition) is 0. The van der Waals surface area contributed by atoms with Gasteiger partial charge in [-0.2, -0.15) is 0 Å². The molecule has 2 atom stereocenters. The van der Waals surface area contributed by atoms with Gasteiger partial charge in [0.15, 0.2) is 0 Å². The van der Waals surface area contributed by atoms with Gasteiger partial charge in [-0.25, -0.2) is 0 Å². The number of likely N-dealkylation sites (tertiary alicyclic amines) is 2. The molecule has 62 valence electrons. The Morgan fingerprint density at radius 1 is 1.36 bits per heavy atom. The quantitative estimate of drug-likeness (QED) is 0.487. The number of nitrogens with zero attached hydrogens (tertiary/aromatic N) is 2. The van der Waals surface area contributed by atoms with Crippen LogP contribution in [0.5, 0.6) is 0 Å². The SMILES string of the molecule is CC(=O)N1C[C@@H]2C[C@H]1CN2C. The molecule has 11 heavy (non-hydrogen) atoms. The smallest absolute Gasteiger partial charge is 0.219 e. The van der Waals surface area contributed by atoms with Crippen molar-refractivity contribution < 1.29 is 4.79 Å². The zero-order valence-electron chi connectivity index (χ0n) is 7.08. The number of amides is 1. The van der Waals surface area contributed by atoms with E-state index in [2.05, 4.69) is 11.9 Å². The van der Waals surface area contributed by atoms with Crippen molar-refractivity contribution in [2.24, 2.45) is 0 Å². The summed E-state index contributed by atoms with van der Waals surface area (Å²) in [6.45, 7) is 3.70. The molecule has 3 nitrogen and oxygen atoms in total. The fraction of sp³-hybridized carbons (Fsp3) is 0.875. The van der Waals surface area contributed by atoms with Gasteiger partial charge < -0.3 is 4.90 Å². The van der Waals surface area contributed by atoms with Gasteiger partial charge in [0.2, 0.25) is 5.91 Å². The fourth-order valence-corrected chi connectivity index (χ4v) is 2.25. The molecule has 3 heteroatoms. The average Bonchev–Trinajstić information content (AvgIpc) is 2.43. The van der Waals surface area contributed by atoms with Crippen LogP contribution in [0.1, 0.15) is 13.3 Å². The van der Waals surface area contributed by atoms with E-state index in [9.17, 15) is 4.79 Å². The first-order chi connectivity index (χ1) is 5.18. The summed E-state index contributed by atoms with van der Waals surface area (Å²) in [7, 11) is 2.14. The lowest BCUT2D eigenvalue weighted by atomic mass is 10.2. The molecule has 2 saturated heterocycles. The summed E-state index contributed by atoms with van der Waals surface area (Å²) in [4.78, 5) is 15.4. The number of carbonyl (C=O) groups is 1. The minimum atomic E-state index is 0.241. The molecule has 0 spiro atoms. The lowest BCUT2D eigenvalue weighted by Gasteiger charge is -2.31. The molecule has 2 heterocycles. The average molecular weight is 154 g/mol. The molecule has 0 aromatic heterocycles. The molecule has 2 bridgehead atoms. The summed E-state index contributed by atoms with van der Waals surface area (Å²) in [6.07, 6.45) is 1.19. The van der Waals surface area contributed by atoms with Crippen molar-refractivity contribution >= 4 is 5.91 Å². The van der Waals surface area contributed by atoms with Gasteiger partial charge in [0, 0.05) is 32.1 Å². The topological polar surface area (TPSA) is 23.6 Å². The first-order valence-electron chi connectivity index (χ1n) is 4.16. The van der Waals surface area contributed by atoms with Crippen molar-refractivity contribution in [2.75, 3.05) is 20.1 Å². The third-order valence-electron chi connectivity index (χ3n) is 2.92. The van der Waals surface area contributed by atoms with Crippen molar-refractivity contribution in [1.82, 2.24) is 9.80 Å². The van der Waals surface area contributed by atoms with Crippen LogP contribution in [-0.2, 0) is 4.79 Å². The fourth-order valence-electron chi connectivity index (χ4n) is 2.25. The van der Waals surface area contributed by atoms with Crippen LogP contribution in [0.15, 0.2) is 0 Å². The summed E-state index contributed by atoms with van der Waals surface area (Å²) >= 11 is 0. The van der Waals surface area contributed by atoms with E-state index < -0.39 is 0 Å². The Labute approximate surface area is 67.0 Å². The molecule has 2 rings (SSSR count). The lowest BCUT2D eigenvalue weighted by molar-refractivity contribution is -0.130. The second-order valence-electron chi connectivity index (χ2n) is 3.65. The van der Waals surface area contributed by atoms with Crippen LogP contribution >= 0.6 is 0 Å². The van der Waals surface area contributed by atoms with Gasteiger partial charge in [-0.1, -0.05) is 0 Å². The largest absolute Gasteiger partial charge is 0.337 e. The second kappa shape index (κ2) is 2.21. The van der Waals surface area contributed by atoms with E-state index in [-0.39, 0.29) is 5.91 Å². The van der Waals surface area contributed by atoms with Gasteiger partial charge in [0.05, 0.1) is 0 Å². The second-order valence-corrected chi connectivity index (χ2v) is 3.65. The minimum absolute atomic E-state index is 0.241. The molecule has 1 amide bonds. The Kier molecular flexibility index (Phi) is 1.42. The summed E-state index contributed by atoms with van der Waals surface area (Å²) in [5.41, 5.74) is 0. The van der Waals surface area contributed by atoms with Crippen LogP contribution in [0.25, 0.3) is 0 Å². The summed E-state index contributed by atoms with van der Waals surface area (Å²) in [5, 5.41) is 0. The van der Waals surface area contributed by atoms with Crippen molar-refractivity contribution in [3.8, 4) is 0 Å². The Bertz CT molecular complexity index is 191. The Balaban J connectivity index is 2.08. The highest BCUT2D eigenvalue weighted by molar-refractivity contribution is 5.74. The minimum Gasteiger partial charge on any atom is -0.337 e. The molecule has 2 fully saturated rings. The highest BCUT2D eigenvalue weighted by atomic mass is 16.2. The van der Waals surface area contributed by atoms with Gasteiger partial charge in [-0.15, -0.1) is 0 Å². The van der Waals surface area contributed by atoms with E-state index in [4.69, 9.17) is 0 Å². The number of rotatable bonds is 0. The standard InChI is InChI=1S/C8H14N2O/c1-6(11)10-5-7-3-8(10)4-9(7)2/h7-8H,3-5H2,1-2H3/t7-,8-/m0/s1. The van der Waals surface area contributed by atoms with Crippen molar-refractivity contribution in [1.29, 1.82) is 0 Å². The zero-order valence-corrected chi connectivity index (χ0v) is 7.08. The summed E-state index contributed by atoms with van der Waals surface area (Å²) in [5.74, 6) is 0.241. The molecular weight excluding hydrogens is 140 g/mol.